The molecule has 1 aliphatic heterocycles. The summed E-state index contributed by atoms with van der Waals surface area (Å²) in [5, 5.41) is 0.692. The fourth-order valence-electron chi connectivity index (χ4n) is 4.80. The van der Waals surface area contributed by atoms with Gasteiger partial charge in [0.2, 0.25) is 5.76 Å². The predicted molar refractivity (Wildman–Crippen MR) is 155 cm³/mol. The highest BCUT2D eigenvalue weighted by Gasteiger charge is 2.45. The van der Waals surface area contributed by atoms with Crippen molar-refractivity contribution in [2.75, 3.05) is 18.1 Å². The van der Waals surface area contributed by atoms with E-state index in [9.17, 15) is 14.4 Å². The summed E-state index contributed by atoms with van der Waals surface area (Å²) in [5.74, 6) is 0.105. The van der Waals surface area contributed by atoms with E-state index in [0.717, 1.165) is 28.9 Å². The van der Waals surface area contributed by atoms with Gasteiger partial charge < -0.3 is 13.9 Å². The second-order valence-corrected chi connectivity index (χ2v) is 11.4. The van der Waals surface area contributed by atoms with Gasteiger partial charge in [0, 0.05) is 0 Å². The molecule has 1 atom stereocenters. The lowest BCUT2D eigenvalue weighted by atomic mass is 9.97. The van der Waals surface area contributed by atoms with Crippen LogP contribution >= 0.6 is 11.3 Å². The van der Waals surface area contributed by atoms with Gasteiger partial charge in [0.25, 0.3) is 5.91 Å². The Labute approximate surface area is 236 Å². The van der Waals surface area contributed by atoms with Crippen molar-refractivity contribution in [3.63, 3.8) is 0 Å². The molecule has 208 valence electrons. The van der Waals surface area contributed by atoms with Gasteiger partial charge in [0.1, 0.15) is 16.2 Å². The third kappa shape index (κ3) is 4.90. The number of rotatable bonds is 8. The minimum atomic E-state index is -0.820. The second kappa shape index (κ2) is 10.9. The van der Waals surface area contributed by atoms with Gasteiger partial charge in [-0.1, -0.05) is 37.3 Å². The van der Waals surface area contributed by atoms with Crippen LogP contribution in [0.2, 0.25) is 0 Å². The first-order valence-corrected chi connectivity index (χ1v) is 14.2. The average Bonchev–Trinajstić information content (AvgIpc) is 3.43. The number of carbonyl (C=O) groups is 2. The lowest BCUT2D eigenvalue weighted by molar-refractivity contribution is 0.0531. The van der Waals surface area contributed by atoms with Crippen LogP contribution in [0.25, 0.3) is 11.0 Å². The number of hydrogen-bond donors (Lipinski definition) is 0. The number of nitrogens with zero attached hydrogens (tertiary/aromatic N) is 2. The van der Waals surface area contributed by atoms with Gasteiger partial charge in [0.05, 0.1) is 35.9 Å². The van der Waals surface area contributed by atoms with Crippen molar-refractivity contribution in [2.24, 2.45) is 5.92 Å². The van der Waals surface area contributed by atoms with E-state index in [4.69, 9.17) is 13.9 Å². The van der Waals surface area contributed by atoms with Crippen LogP contribution in [0.3, 0.4) is 0 Å². The number of ether oxygens (including phenoxy) is 2. The molecule has 0 N–H and O–H groups in total. The molecule has 40 heavy (non-hydrogen) atoms. The fourth-order valence-corrected chi connectivity index (χ4v) is 5.79. The molecule has 9 heteroatoms. The van der Waals surface area contributed by atoms with Crippen molar-refractivity contribution >= 4 is 39.3 Å². The Morgan fingerprint density at radius 2 is 1.88 bits per heavy atom. The summed E-state index contributed by atoms with van der Waals surface area (Å²) >= 11 is 1.06. The summed E-state index contributed by atoms with van der Waals surface area (Å²) in [6.45, 7) is 12.3. The van der Waals surface area contributed by atoms with Crippen LogP contribution in [0.1, 0.15) is 81.4 Å². The molecule has 0 aliphatic carbocycles. The summed E-state index contributed by atoms with van der Waals surface area (Å²) in [7, 11) is 0. The minimum Gasteiger partial charge on any atom is -0.494 e. The Hall–Kier alpha value is -3.98. The van der Waals surface area contributed by atoms with E-state index in [2.05, 4.69) is 18.8 Å². The van der Waals surface area contributed by atoms with Crippen molar-refractivity contribution in [3.05, 3.63) is 85.2 Å². The van der Waals surface area contributed by atoms with E-state index in [1.54, 1.807) is 26.0 Å². The highest BCUT2D eigenvalue weighted by atomic mass is 32.1. The highest BCUT2D eigenvalue weighted by molar-refractivity contribution is 7.17. The molecule has 2 aromatic carbocycles. The third-order valence-corrected chi connectivity index (χ3v) is 8.21. The molecule has 1 unspecified atom stereocenters. The monoisotopic (exact) mass is 560 g/mol. The SMILES string of the molecule is CCOC(=O)c1sc(N2C(=O)c3oc4cc(C)c(C)cc4c(=O)c3C2c2cccc(OCCC(C)C)c2)nc1C. The molecule has 1 aliphatic rings. The lowest BCUT2D eigenvalue weighted by Crippen LogP contribution is -2.29. The molecule has 0 spiro atoms. The number of aromatic nitrogens is 1. The van der Waals surface area contributed by atoms with E-state index in [1.807, 2.05) is 38.1 Å². The molecule has 0 saturated heterocycles. The van der Waals surface area contributed by atoms with Gasteiger partial charge in [0.15, 0.2) is 10.6 Å². The van der Waals surface area contributed by atoms with E-state index in [0.29, 0.717) is 45.4 Å². The topological polar surface area (TPSA) is 98.9 Å². The maximum atomic E-state index is 14.0. The molecule has 8 nitrogen and oxygen atoms in total. The summed E-state index contributed by atoms with van der Waals surface area (Å²) in [6, 6.07) is 10.2. The van der Waals surface area contributed by atoms with Crippen LogP contribution < -0.4 is 15.1 Å². The third-order valence-electron chi connectivity index (χ3n) is 7.08. The van der Waals surface area contributed by atoms with Crippen molar-refractivity contribution in [1.29, 1.82) is 0 Å². The second-order valence-electron chi connectivity index (χ2n) is 10.4. The van der Waals surface area contributed by atoms with Gasteiger partial charge in [-0.3, -0.25) is 14.5 Å². The van der Waals surface area contributed by atoms with E-state index in [1.165, 1.54) is 4.90 Å². The van der Waals surface area contributed by atoms with Crippen LogP contribution in [0.5, 0.6) is 5.75 Å². The molecule has 2 aromatic heterocycles. The Morgan fingerprint density at radius 3 is 2.60 bits per heavy atom. The number of anilines is 1. The zero-order valence-electron chi connectivity index (χ0n) is 23.5. The van der Waals surface area contributed by atoms with Gasteiger partial charge in [-0.05, 0) is 81.0 Å². The van der Waals surface area contributed by atoms with Crippen molar-refractivity contribution in [1.82, 2.24) is 4.98 Å². The summed E-state index contributed by atoms with van der Waals surface area (Å²) < 4.78 is 17.3. The molecule has 0 saturated carbocycles. The van der Waals surface area contributed by atoms with Crippen LogP contribution in [-0.2, 0) is 4.74 Å². The largest absolute Gasteiger partial charge is 0.494 e. The van der Waals surface area contributed by atoms with E-state index in [-0.39, 0.29) is 28.5 Å². The Balaban J connectivity index is 1.69. The van der Waals surface area contributed by atoms with Gasteiger partial charge in [-0.2, -0.15) is 0 Å². The maximum absolute atomic E-state index is 14.0. The molecule has 1 amide bonds. The first-order valence-electron chi connectivity index (χ1n) is 13.4. The molecule has 0 bridgehead atoms. The Morgan fingerprint density at radius 1 is 1.12 bits per heavy atom. The first kappa shape index (κ1) is 27.6. The summed E-state index contributed by atoms with van der Waals surface area (Å²) in [6.07, 6.45) is 0.893. The number of fused-ring (bicyclic) bond motifs is 2. The molecule has 4 aromatic rings. The highest BCUT2D eigenvalue weighted by Crippen LogP contribution is 2.44. The van der Waals surface area contributed by atoms with E-state index < -0.39 is 17.9 Å². The van der Waals surface area contributed by atoms with Crippen LogP contribution in [0, 0.1) is 26.7 Å². The fraction of sp³-hybridized carbons (Fsp3) is 0.355. The summed E-state index contributed by atoms with van der Waals surface area (Å²) in [4.78, 5) is 46.9. The molecule has 0 fully saturated rings. The van der Waals surface area contributed by atoms with Gasteiger partial charge >= 0.3 is 5.97 Å². The van der Waals surface area contributed by atoms with Crippen molar-refractivity contribution < 1.29 is 23.5 Å². The van der Waals surface area contributed by atoms with Crippen molar-refractivity contribution in [3.8, 4) is 5.75 Å². The normalized spacial score (nSPS) is 14.7. The summed E-state index contributed by atoms with van der Waals surface area (Å²) in [5.41, 5.74) is 3.35. The van der Waals surface area contributed by atoms with Crippen LogP contribution in [-0.4, -0.2) is 30.1 Å². The predicted octanol–water partition coefficient (Wildman–Crippen LogP) is 6.53. The Bertz CT molecular complexity index is 1690. The zero-order valence-corrected chi connectivity index (χ0v) is 24.3. The van der Waals surface area contributed by atoms with Crippen molar-refractivity contribution in [2.45, 2.75) is 54.0 Å². The standard InChI is InChI=1S/C31H32N2O6S/c1-7-37-30(36)28-19(6)32-31(40-28)33-25(20-9-8-10-21(15-20)38-12-11-16(2)3)24-26(34)22-13-17(4)18(5)14-23(22)39-27(24)29(33)35/h8-10,13-16,25H,7,11-12H2,1-6H3. The number of benzene rings is 2. The lowest BCUT2D eigenvalue weighted by Gasteiger charge is -2.23. The van der Waals surface area contributed by atoms with Gasteiger partial charge in [-0.25, -0.2) is 9.78 Å². The molecule has 3 heterocycles. The molecular weight excluding hydrogens is 528 g/mol. The number of carbonyl (C=O) groups excluding carboxylic acids is 2. The molecule has 5 rings (SSSR count). The quantitative estimate of drug-likeness (QED) is 0.226. The zero-order chi connectivity index (χ0) is 28.7. The molecular formula is C31H32N2O6S. The number of thiazole rings is 1. The number of esters is 1. The molecule has 0 radical (unpaired) electrons. The number of hydrogen-bond acceptors (Lipinski definition) is 8. The van der Waals surface area contributed by atoms with E-state index >= 15 is 0 Å². The maximum Gasteiger partial charge on any atom is 0.350 e. The van der Waals surface area contributed by atoms with Crippen LogP contribution in [0.15, 0.2) is 45.6 Å². The Kier molecular flexibility index (Phi) is 7.51. The number of amides is 1. The first-order chi connectivity index (χ1) is 19.1. The minimum absolute atomic E-state index is 0.0255. The van der Waals surface area contributed by atoms with Crippen LogP contribution in [0.4, 0.5) is 5.13 Å². The van der Waals surface area contributed by atoms with Gasteiger partial charge in [-0.15, -0.1) is 0 Å². The number of aryl methyl sites for hydroxylation is 3. The average molecular weight is 561 g/mol. The smallest absolute Gasteiger partial charge is 0.350 e.